The van der Waals surface area contributed by atoms with Gasteiger partial charge in [0.25, 0.3) is 0 Å². The molecule has 0 saturated heterocycles. The summed E-state index contributed by atoms with van der Waals surface area (Å²) < 4.78 is 17.9. The van der Waals surface area contributed by atoms with E-state index >= 15 is 0 Å². The Labute approximate surface area is 81.1 Å². The molecule has 0 aliphatic rings. The second-order valence-electron chi connectivity index (χ2n) is 3.11. The largest absolute Gasteiger partial charge is 0.494 e. The summed E-state index contributed by atoms with van der Waals surface area (Å²) in [5.74, 6) is -0.525. The van der Waals surface area contributed by atoms with E-state index in [0.29, 0.717) is 6.29 Å². The normalized spacial score (nSPS) is 14.6. The number of aldehydes is 1. The van der Waals surface area contributed by atoms with Crippen LogP contribution in [0.1, 0.15) is 12.5 Å². The Morgan fingerprint density at radius 2 is 2.21 bits per heavy atom. The van der Waals surface area contributed by atoms with E-state index in [9.17, 15) is 14.3 Å². The van der Waals surface area contributed by atoms with Crippen LogP contribution < -0.4 is 4.74 Å². The molecule has 0 radical (unpaired) electrons. The fraction of sp³-hybridized carbons (Fsp3) is 0.300. The minimum absolute atomic E-state index is 0.0791. The summed E-state index contributed by atoms with van der Waals surface area (Å²) in [6.07, 6.45) is 0.355. The van der Waals surface area contributed by atoms with Crippen molar-refractivity contribution in [3.8, 4) is 5.75 Å². The number of ether oxygens (including phenoxy) is 1. The maximum atomic E-state index is 13.2. The molecule has 1 aromatic carbocycles. The maximum absolute atomic E-state index is 13.2. The molecule has 0 fully saturated rings. The lowest BCUT2D eigenvalue weighted by molar-refractivity contribution is -0.123. The number of methoxy groups -OCH3 is 1. The van der Waals surface area contributed by atoms with E-state index in [1.807, 2.05) is 0 Å². The summed E-state index contributed by atoms with van der Waals surface area (Å²) in [7, 11) is 1.34. The summed E-state index contributed by atoms with van der Waals surface area (Å²) in [6.45, 7) is 1.29. The lowest BCUT2D eigenvalue weighted by Crippen LogP contribution is -2.22. The monoisotopic (exact) mass is 198 g/mol. The van der Waals surface area contributed by atoms with Gasteiger partial charge in [0, 0.05) is 0 Å². The molecule has 0 spiro atoms. The summed E-state index contributed by atoms with van der Waals surface area (Å²) in [5, 5.41) is 9.51. The SMILES string of the molecule is COc1ccc(C(C)(O)C=O)cc1F. The molecule has 1 aromatic rings. The Morgan fingerprint density at radius 3 is 2.64 bits per heavy atom. The quantitative estimate of drug-likeness (QED) is 0.743. The molecule has 0 bridgehead atoms. The smallest absolute Gasteiger partial charge is 0.165 e. The van der Waals surface area contributed by atoms with E-state index in [2.05, 4.69) is 0 Å². The Bertz CT molecular complexity index is 347. The third-order valence-electron chi connectivity index (χ3n) is 1.97. The minimum atomic E-state index is -1.66. The third-order valence-corrected chi connectivity index (χ3v) is 1.97. The highest BCUT2D eigenvalue weighted by Gasteiger charge is 2.23. The van der Waals surface area contributed by atoms with Gasteiger partial charge in [0.15, 0.2) is 17.9 Å². The highest BCUT2D eigenvalue weighted by atomic mass is 19.1. The van der Waals surface area contributed by atoms with Crippen LogP contribution in [0.25, 0.3) is 0 Å². The van der Waals surface area contributed by atoms with Gasteiger partial charge in [-0.2, -0.15) is 0 Å². The molecule has 0 saturated carbocycles. The van der Waals surface area contributed by atoms with Crippen molar-refractivity contribution in [3.63, 3.8) is 0 Å². The molecule has 1 atom stereocenters. The maximum Gasteiger partial charge on any atom is 0.165 e. The lowest BCUT2D eigenvalue weighted by Gasteiger charge is -2.16. The van der Waals surface area contributed by atoms with Crippen molar-refractivity contribution < 1.29 is 19.0 Å². The average Bonchev–Trinajstić information content (AvgIpc) is 2.17. The van der Waals surface area contributed by atoms with Crippen LogP contribution in [-0.4, -0.2) is 18.5 Å². The van der Waals surface area contributed by atoms with Crippen molar-refractivity contribution in [3.05, 3.63) is 29.6 Å². The van der Waals surface area contributed by atoms with Crippen molar-refractivity contribution >= 4 is 6.29 Å². The molecule has 1 N–H and O–H groups in total. The number of carbonyl (C=O) groups excluding carboxylic acids is 1. The van der Waals surface area contributed by atoms with Crippen molar-refractivity contribution in [2.24, 2.45) is 0 Å². The van der Waals surface area contributed by atoms with Gasteiger partial charge in [0.2, 0.25) is 0 Å². The fourth-order valence-corrected chi connectivity index (χ4v) is 1.05. The van der Waals surface area contributed by atoms with E-state index < -0.39 is 11.4 Å². The first-order valence-electron chi connectivity index (χ1n) is 4.04. The standard InChI is InChI=1S/C10H11FO3/c1-10(13,6-12)7-3-4-9(14-2)8(11)5-7/h3-6,13H,1-2H3. The highest BCUT2D eigenvalue weighted by molar-refractivity contribution is 5.65. The first-order valence-corrected chi connectivity index (χ1v) is 4.04. The van der Waals surface area contributed by atoms with Crippen LogP contribution in [0.15, 0.2) is 18.2 Å². The van der Waals surface area contributed by atoms with Gasteiger partial charge in [0.1, 0.15) is 5.60 Å². The second kappa shape index (κ2) is 3.75. The van der Waals surface area contributed by atoms with Crippen LogP contribution >= 0.6 is 0 Å². The molecule has 1 unspecified atom stereocenters. The fourth-order valence-electron chi connectivity index (χ4n) is 1.05. The first kappa shape index (κ1) is 10.7. The van der Waals surface area contributed by atoms with E-state index in [1.165, 1.54) is 26.2 Å². The molecule has 3 nitrogen and oxygen atoms in total. The molecular formula is C10H11FO3. The van der Waals surface area contributed by atoms with Gasteiger partial charge in [0.05, 0.1) is 7.11 Å². The number of rotatable bonds is 3. The van der Waals surface area contributed by atoms with Gasteiger partial charge in [-0.25, -0.2) is 4.39 Å². The number of carbonyl (C=O) groups is 1. The Balaban J connectivity index is 3.15. The van der Waals surface area contributed by atoms with Crippen molar-refractivity contribution in [2.45, 2.75) is 12.5 Å². The average molecular weight is 198 g/mol. The van der Waals surface area contributed by atoms with Crippen molar-refractivity contribution in [1.29, 1.82) is 0 Å². The second-order valence-corrected chi connectivity index (χ2v) is 3.11. The van der Waals surface area contributed by atoms with Crippen LogP contribution in [-0.2, 0) is 10.4 Å². The molecule has 14 heavy (non-hydrogen) atoms. The molecule has 0 amide bonds. The number of hydrogen-bond acceptors (Lipinski definition) is 3. The molecule has 1 rings (SSSR count). The van der Waals surface area contributed by atoms with E-state index in [0.717, 1.165) is 6.07 Å². The molecule has 76 valence electrons. The molecule has 0 aliphatic heterocycles. The summed E-state index contributed by atoms with van der Waals surface area (Å²) in [6, 6.07) is 3.88. The Morgan fingerprint density at radius 1 is 1.57 bits per heavy atom. The Kier molecular flexibility index (Phi) is 2.86. The molecule has 0 aliphatic carbocycles. The molecule has 4 heteroatoms. The number of halogens is 1. The van der Waals surface area contributed by atoms with Gasteiger partial charge in [-0.05, 0) is 24.6 Å². The van der Waals surface area contributed by atoms with E-state index in [4.69, 9.17) is 4.74 Å². The van der Waals surface area contributed by atoms with Gasteiger partial charge in [-0.3, -0.25) is 4.79 Å². The molecule has 0 aromatic heterocycles. The predicted molar refractivity (Wildman–Crippen MR) is 48.6 cm³/mol. The topological polar surface area (TPSA) is 46.5 Å². The summed E-state index contributed by atoms with van der Waals surface area (Å²) in [5.41, 5.74) is -1.46. The van der Waals surface area contributed by atoms with Gasteiger partial charge in [-0.1, -0.05) is 6.07 Å². The zero-order valence-electron chi connectivity index (χ0n) is 7.95. The van der Waals surface area contributed by atoms with Crippen LogP contribution in [0.4, 0.5) is 4.39 Å². The summed E-state index contributed by atoms with van der Waals surface area (Å²) in [4.78, 5) is 10.5. The number of benzene rings is 1. The molecular weight excluding hydrogens is 187 g/mol. The number of hydrogen-bond donors (Lipinski definition) is 1. The minimum Gasteiger partial charge on any atom is -0.494 e. The third kappa shape index (κ3) is 1.90. The van der Waals surface area contributed by atoms with Crippen molar-refractivity contribution in [1.82, 2.24) is 0 Å². The predicted octanol–water partition coefficient (Wildman–Crippen LogP) is 1.24. The van der Waals surface area contributed by atoms with Crippen molar-refractivity contribution in [2.75, 3.05) is 7.11 Å². The zero-order valence-corrected chi connectivity index (χ0v) is 7.95. The Hall–Kier alpha value is -1.42. The summed E-state index contributed by atoms with van der Waals surface area (Å²) >= 11 is 0. The molecule has 0 heterocycles. The van der Waals surface area contributed by atoms with Gasteiger partial charge >= 0.3 is 0 Å². The van der Waals surface area contributed by atoms with Gasteiger partial charge in [-0.15, -0.1) is 0 Å². The lowest BCUT2D eigenvalue weighted by atomic mass is 9.98. The highest BCUT2D eigenvalue weighted by Crippen LogP contribution is 2.24. The first-order chi connectivity index (χ1) is 6.51. The van der Waals surface area contributed by atoms with Crippen LogP contribution in [0, 0.1) is 5.82 Å². The zero-order chi connectivity index (χ0) is 10.8. The van der Waals surface area contributed by atoms with Crippen LogP contribution in [0.5, 0.6) is 5.75 Å². The van der Waals surface area contributed by atoms with Crippen LogP contribution in [0.3, 0.4) is 0 Å². The van der Waals surface area contributed by atoms with Gasteiger partial charge < -0.3 is 9.84 Å². The number of aliphatic hydroxyl groups is 1. The van der Waals surface area contributed by atoms with E-state index in [-0.39, 0.29) is 11.3 Å². The van der Waals surface area contributed by atoms with Crippen LogP contribution in [0.2, 0.25) is 0 Å². The van der Waals surface area contributed by atoms with E-state index in [1.54, 1.807) is 0 Å².